The van der Waals surface area contributed by atoms with Gasteiger partial charge in [0.05, 0.1) is 11.3 Å². The fourth-order valence-corrected chi connectivity index (χ4v) is 1.82. The molecule has 1 aromatic carbocycles. The topological polar surface area (TPSA) is 89.3 Å². The highest BCUT2D eigenvalue weighted by atomic mass is 35.5. The largest absolute Gasteiger partial charge is 0.398 e. The molecular formula is C10H13ClN2O3S. The lowest BCUT2D eigenvalue weighted by Crippen LogP contribution is -2.29. The van der Waals surface area contributed by atoms with Crippen molar-refractivity contribution in [2.45, 2.75) is 0 Å². The van der Waals surface area contributed by atoms with Crippen molar-refractivity contribution in [3.63, 3.8) is 0 Å². The summed E-state index contributed by atoms with van der Waals surface area (Å²) in [6.45, 7) is 0.0453. The third-order valence-corrected chi connectivity index (χ3v) is 3.20. The third kappa shape index (κ3) is 4.62. The summed E-state index contributed by atoms with van der Waals surface area (Å²) in [5.74, 6) is -0.548. The van der Waals surface area contributed by atoms with Gasteiger partial charge in [0, 0.05) is 23.5 Å². The second-order valence-corrected chi connectivity index (χ2v) is 6.31. The van der Waals surface area contributed by atoms with Gasteiger partial charge in [0.25, 0.3) is 5.91 Å². The van der Waals surface area contributed by atoms with Gasteiger partial charge in [-0.3, -0.25) is 4.79 Å². The number of halogens is 1. The van der Waals surface area contributed by atoms with Gasteiger partial charge in [-0.1, -0.05) is 11.6 Å². The van der Waals surface area contributed by atoms with Crippen molar-refractivity contribution in [1.29, 1.82) is 0 Å². The Kier molecular flexibility index (Phi) is 4.36. The maximum absolute atomic E-state index is 11.7. The van der Waals surface area contributed by atoms with Gasteiger partial charge in [-0.15, -0.1) is 0 Å². The quantitative estimate of drug-likeness (QED) is 0.792. The van der Waals surface area contributed by atoms with Gasteiger partial charge < -0.3 is 11.1 Å². The Hall–Kier alpha value is -1.27. The number of nitrogen functional groups attached to an aromatic ring is 1. The van der Waals surface area contributed by atoms with E-state index in [1.807, 2.05) is 0 Å². The van der Waals surface area contributed by atoms with Crippen LogP contribution in [-0.4, -0.2) is 32.9 Å². The van der Waals surface area contributed by atoms with E-state index in [9.17, 15) is 13.2 Å². The molecule has 0 heterocycles. The maximum atomic E-state index is 11.7. The summed E-state index contributed by atoms with van der Waals surface area (Å²) in [5.41, 5.74) is 6.15. The molecule has 0 atom stereocenters. The number of sulfone groups is 1. The van der Waals surface area contributed by atoms with E-state index >= 15 is 0 Å². The molecule has 17 heavy (non-hydrogen) atoms. The van der Waals surface area contributed by atoms with Gasteiger partial charge in [0.1, 0.15) is 9.84 Å². The summed E-state index contributed by atoms with van der Waals surface area (Å²) >= 11 is 5.74. The van der Waals surface area contributed by atoms with Crippen LogP contribution in [0.2, 0.25) is 5.02 Å². The molecular weight excluding hydrogens is 264 g/mol. The first-order valence-corrected chi connectivity index (χ1v) is 7.24. The summed E-state index contributed by atoms with van der Waals surface area (Å²) in [5, 5.41) is 2.86. The number of anilines is 1. The first-order valence-electron chi connectivity index (χ1n) is 4.80. The van der Waals surface area contributed by atoms with Crippen molar-refractivity contribution < 1.29 is 13.2 Å². The van der Waals surface area contributed by atoms with Crippen LogP contribution in [0.15, 0.2) is 18.2 Å². The Bertz CT molecular complexity index is 528. The molecule has 1 aromatic rings. The molecule has 5 nitrogen and oxygen atoms in total. The molecule has 7 heteroatoms. The van der Waals surface area contributed by atoms with Crippen molar-refractivity contribution in [3.8, 4) is 0 Å². The summed E-state index contributed by atoms with van der Waals surface area (Å²) in [7, 11) is -3.09. The zero-order chi connectivity index (χ0) is 13.1. The lowest BCUT2D eigenvalue weighted by Gasteiger charge is -2.07. The molecule has 0 aromatic heterocycles. The number of hydrogen-bond acceptors (Lipinski definition) is 4. The van der Waals surface area contributed by atoms with Crippen LogP contribution in [0.4, 0.5) is 5.69 Å². The van der Waals surface area contributed by atoms with Gasteiger partial charge in [-0.05, 0) is 18.2 Å². The molecule has 0 fully saturated rings. The Morgan fingerprint density at radius 3 is 2.71 bits per heavy atom. The normalized spacial score (nSPS) is 11.2. The van der Waals surface area contributed by atoms with Crippen molar-refractivity contribution >= 4 is 33.0 Å². The Balaban J connectivity index is 2.67. The zero-order valence-corrected chi connectivity index (χ0v) is 10.8. The molecule has 1 amide bonds. The van der Waals surface area contributed by atoms with Gasteiger partial charge in [-0.2, -0.15) is 0 Å². The van der Waals surface area contributed by atoms with Gasteiger partial charge in [0.15, 0.2) is 0 Å². The predicted octanol–water partition coefficient (Wildman–Crippen LogP) is 0.697. The van der Waals surface area contributed by atoms with Crippen LogP contribution in [0.25, 0.3) is 0 Å². The van der Waals surface area contributed by atoms with E-state index in [4.69, 9.17) is 17.3 Å². The number of hydrogen-bond donors (Lipinski definition) is 2. The molecule has 3 N–H and O–H groups in total. The highest BCUT2D eigenvalue weighted by Gasteiger charge is 2.10. The number of carbonyl (C=O) groups is 1. The summed E-state index contributed by atoms with van der Waals surface area (Å²) in [6.07, 6.45) is 1.10. The lowest BCUT2D eigenvalue weighted by molar-refractivity contribution is 0.0957. The van der Waals surface area contributed by atoms with Gasteiger partial charge in [0.2, 0.25) is 0 Å². The fraction of sp³-hybridized carbons (Fsp3) is 0.300. The van der Waals surface area contributed by atoms with Crippen molar-refractivity contribution in [1.82, 2.24) is 5.32 Å². The summed E-state index contributed by atoms with van der Waals surface area (Å²) < 4.78 is 21.7. The second-order valence-electron chi connectivity index (χ2n) is 3.62. The standard InChI is InChI=1S/C10H13ClN2O3S/c1-17(15,16)5-4-13-10(14)8-6-7(11)2-3-9(8)12/h2-3,6H,4-5,12H2,1H3,(H,13,14). The second kappa shape index (κ2) is 5.37. The molecule has 0 saturated carbocycles. The number of amides is 1. The van der Waals surface area contributed by atoms with E-state index in [1.54, 1.807) is 6.07 Å². The highest BCUT2D eigenvalue weighted by molar-refractivity contribution is 7.90. The molecule has 0 aliphatic carbocycles. The summed E-state index contributed by atoms with van der Waals surface area (Å²) in [4.78, 5) is 11.7. The minimum Gasteiger partial charge on any atom is -0.398 e. The Labute approximate surface area is 105 Å². The number of carbonyl (C=O) groups excluding carboxylic acids is 1. The van der Waals surface area contributed by atoms with Gasteiger partial charge in [-0.25, -0.2) is 8.42 Å². The average Bonchev–Trinajstić information content (AvgIpc) is 2.19. The lowest BCUT2D eigenvalue weighted by atomic mass is 10.1. The van der Waals surface area contributed by atoms with E-state index in [2.05, 4.69) is 5.32 Å². The van der Waals surface area contributed by atoms with Crippen LogP contribution < -0.4 is 11.1 Å². The average molecular weight is 277 g/mol. The van der Waals surface area contributed by atoms with E-state index in [-0.39, 0.29) is 17.9 Å². The predicted molar refractivity (Wildman–Crippen MR) is 67.9 cm³/mol. The molecule has 94 valence electrons. The third-order valence-electron chi connectivity index (χ3n) is 2.02. The molecule has 0 aliphatic heterocycles. The molecule has 0 saturated heterocycles. The molecule has 0 radical (unpaired) electrons. The number of rotatable bonds is 4. The monoisotopic (exact) mass is 276 g/mol. The fourth-order valence-electron chi connectivity index (χ4n) is 1.17. The smallest absolute Gasteiger partial charge is 0.253 e. The SMILES string of the molecule is CS(=O)(=O)CCNC(=O)c1cc(Cl)ccc1N. The van der Waals surface area contributed by atoms with Crippen molar-refractivity contribution in [3.05, 3.63) is 28.8 Å². The Morgan fingerprint density at radius 1 is 1.47 bits per heavy atom. The van der Waals surface area contributed by atoms with Gasteiger partial charge >= 0.3 is 0 Å². The molecule has 0 spiro atoms. The van der Waals surface area contributed by atoms with Crippen molar-refractivity contribution in [2.24, 2.45) is 0 Å². The van der Waals surface area contributed by atoms with Crippen LogP contribution in [0.1, 0.15) is 10.4 Å². The molecule has 0 aliphatic rings. The molecule has 0 bridgehead atoms. The zero-order valence-electron chi connectivity index (χ0n) is 9.23. The summed E-state index contributed by atoms with van der Waals surface area (Å²) in [6, 6.07) is 4.53. The van der Waals surface area contributed by atoms with E-state index < -0.39 is 15.7 Å². The first kappa shape index (κ1) is 13.8. The maximum Gasteiger partial charge on any atom is 0.253 e. The van der Waals surface area contributed by atoms with E-state index in [1.165, 1.54) is 12.1 Å². The number of nitrogens with two attached hydrogens (primary N) is 1. The van der Waals surface area contributed by atoms with Crippen LogP contribution in [0.3, 0.4) is 0 Å². The number of benzene rings is 1. The molecule has 1 rings (SSSR count). The molecule has 0 unspecified atom stereocenters. The van der Waals surface area contributed by atoms with E-state index in [0.29, 0.717) is 10.7 Å². The van der Waals surface area contributed by atoms with Crippen LogP contribution in [0.5, 0.6) is 0 Å². The highest BCUT2D eigenvalue weighted by Crippen LogP contribution is 2.17. The first-order chi connectivity index (χ1) is 7.79. The minimum atomic E-state index is -3.09. The van der Waals surface area contributed by atoms with Crippen molar-refractivity contribution in [2.75, 3.05) is 24.3 Å². The van der Waals surface area contributed by atoms with Crippen LogP contribution in [0, 0.1) is 0 Å². The van der Waals surface area contributed by atoms with E-state index in [0.717, 1.165) is 6.26 Å². The minimum absolute atomic E-state index is 0.0453. The van der Waals surface area contributed by atoms with Crippen LogP contribution in [-0.2, 0) is 9.84 Å². The number of nitrogens with one attached hydrogen (secondary N) is 1. The Morgan fingerprint density at radius 2 is 2.12 bits per heavy atom. The van der Waals surface area contributed by atoms with Crippen LogP contribution >= 0.6 is 11.6 Å².